The third kappa shape index (κ3) is 4.20. The van der Waals surface area contributed by atoms with E-state index in [0.717, 1.165) is 5.56 Å². The molecule has 1 saturated heterocycles. The summed E-state index contributed by atoms with van der Waals surface area (Å²) in [6.45, 7) is 1.08. The highest BCUT2D eigenvalue weighted by molar-refractivity contribution is 5.92. The van der Waals surface area contributed by atoms with Gasteiger partial charge in [-0.25, -0.2) is 4.68 Å². The number of halogens is 1. The summed E-state index contributed by atoms with van der Waals surface area (Å²) in [4.78, 5) is 27.5. The van der Waals surface area contributed by atoms with Gasteiger partial charge in [-0.2, -0.15) is 0 Å². The molecule has 1 fully saturated rings. The zero-order chi connectivity index (χ0) is 18.0. The predicted molar refractivity (Wildman–Crippen MR) is 99.0 cm³/mol. The number of likely N-dealkylation sites (tertiary alicyclic amines) is 1. The number of nitrogens with two attached hydrogens (primary N) is 1. The van der Waals surface area contributed by atoms with Gasteiger partial charge in [0.05, 0.1) is 6.20 Å². The van der Waals surface area contributed by atoms with Gasteiger partial charge in [0.15, 0.2) is 5.69 Å². The van der Waals surface area contributed by atoms with Crippen LogP contribution in [0.15, 0.2) is 36.5 Å². The lowest BCUT2D eigenvalue weighted by molar-refractivity contribution is -0.129. The molecule has 26 heavy (non-hydrogen) atoms. The highest BCUT2D eigenvalue weighted by Crippen LogP contribution is 2.27. The molecule has 0 radical (unpaired) electrons. The van der Waals surface area contributed by atoms with E-state index in [1.807, 2.05) is 30.3 Å². The van der Waals surface area contributed by atoms with E-state index in [1.54, 1.807) is 19.0 Å². The van der Waals surface area contributed by atoms with Gasteiger partial charge >= 0.3 is 0 Å². The lowest BCUT2D eigenvalue weighted by Crippen LogP contribution is -2.32. The second-order valence-corrected chi connectivity index (χ2v) is 6.48. The maximum absolute atomic E-state index is 12.7. The maximum atomic E-state index is 12.7. The van der Waals surface area contributed by atoms with Crippen LogP contribution in [0.5, 0.6) is 0 Å². The largest absolute Gasteiger partial charge is 0.347 e. The lowest BCUT2D eigenvalue weighted by atomic mass is 9.95. The smallest absolute Gasteiger partial charge is 0.276 e. The molecule has 8 nitrogen and oxygen atoms in total. The molecule has 0 aliphatic carbocycles. The van der Waals surface area contributed by atoms with Gasteiger partial charge in [-0.3, -0.25) is 9.59 Å². The molecule has 9 heteroatoms. The summed E-state index contributed by atoms with van der Waals surface area (Å²) in [5, 5.41) is 7.77. The summed E-state index contributed by atoms with van der Waals surface area (Å²) in [6, 6.07) is 9.85. The van der Waals surface area contributed by atoms with Gasteiger partial charge in [0.25, 0.3) is 5.91 Å². The molecule has 140 valence electrons. The molecule has 2 atom stereocenters. The standard InChI is InChI=1S/C17H22N6O2.ClH/c1-21(2)16(24)11-23-10-15(19-20-23)17(25)22-8-13(14(18)9-22)12-6-4-3-5-7-12;/h3-7,10,13-14H,8-9,11,18H2,1-2H3;1H/t13-,14+;/m0./s1. The number of hydrogen-bond donors (Lipinski definition) is 1. The van der Waals surface area contributed by atoms with Crippen LogP contribution >= 0.6 is 12.4 Å². The van der Waals surface area contributed by atoms with Crippen LogP contribution in [0, 0.1) is 0 Å². The zero-order valence-electron chi connectivity index (χ0n) is 14.8. The summed E-state index contributed by atoms with van der Waals surface area (Å²) in [6.07, 6.45) is 1.51. The van der Waals surface area contributed by atoms with Crippen molar-refractivity contribution < 1.29 is 9.59 Å². The number of carbonyl (C=O) groups is 2. The molecule has 0 saturated carbocycles. The Kier molecular flexibility index (Phi) is 6.33. The normalized spacial score (nSPS) is 19.1. The second-order valence-electron chi connectivity index (χ2n) is 6.48. The van der Waals surface area contributed by atoms with Crippen LogP contribution in [-0.4, -0.2) is 69.8 Å². The fourth-order valence-electron chi connectivity index (χ4n) is 2.96. The topological polar surface area (TPSA) is 97.4 Å². The molecule has 1 aliphatic heterocycles. The Morgan fingerprint density at radius 2 is 1.92 bits per heavy atom. The van der Waals surface area contributed by atoms with E-state index in [9.17, 15) is 9.59 Å². The van der Waals surface area contributed by atoms with Crippen LogP contribution in [0.1, 0.15) is 22.0 Å². The Balaban J connectivity index is 0.00000243. The maximum Gasteiger partial charge on any atom is 0.276 e. The average Bonchev–Trinajstić information content (AvgIpc) is 3.21. The van der Waals surface area contributed by atoms with Gasteiger partial charge in [-0.1, -0.05) is 35.5 Å². The molecule has 2 N–H and O–H groups in total. The fourth-order valence-corrected chi connectivity index (χ4v) is 2.96. The minimum absolute atomic E-state index is 0. The minimum atomic E-state index is -0.211. The second kappa shape index (κ2) is 8.29. The monoisotopic (exact) mass is 378 g/mol. The van der Waals surface area contributed by atoms with Crippen molar-refractivity contribution in [2.75, 3.05) is 27.2 Å². The van der Waals surface area contributed by atoms with E-state index in [-0.39, 0.29) is 48.4 Å². The van der Waals surface area contributed by atoms with Crippen molar-refractivity contribution in [3.8, 4) is 0 Å². The van der Waals surface area contributed by atoms with Crippen molar-refractivity contribution in [2.24, 2.45) is 5.73 Å². The molecule has 2 amide bonds. The van der Waals surface area contributed by atoms with E-state index >= 15 is 0 Å². The van der Waals surface area contributed by atoms with Crippen molar-refractivity contribution in [3.63, 3.8) is 0 Å². The quantitative estimate of drug-likeness (QED) is 0.828. The van der Waals surface area contributed by atoms with Crippen molar-refractivity contribution >= 4 is 24.2 Å². The molecule has 1 aromatic carbocycles. The van der Waals surface area contributed by atoms with E-state index in [4.69, 9.17) is 5.73 Å². The fraction of sp³-hybridized carbons (Fsp3) is 0.412. The summed E-state index contributed by atoms with van der Waals surface area (Å²) in [5.41, 5.74) is 7.60. The van der Waals surface area contributed by atoms with E-state index in [0.29, 0.717) is 13.1 Å². The number of aromatic nitrogens is 3. The highest BCUT2D eigenvalue weighted by atomic mass is 35.5. The first-order chi connectivity index (χ1) is 12.0. The molecular formula is C17H23ClN6O2. The van der Waals surface area contributed by atoms with Gasteiger partial charge in [-0.05, 0) is 5.56 Å². The number of nitrogens with zero attached hydrogens (tertiary/aromatic N) is 5. The molecule has 0 bridgehead atoms. The molecule has 1 aromatic heterocycles. The average molecular weight is 379 g/mol. The number of rotatable bonds is 4. The van der Waals surface area contributed by atoms with Crippen LogP contribution in [0.4, 0.5) is 0 Å². The minimum Gasteiger partial charge on any atom is -0.347 e. The number of amides is 2. The van der Waals surface area contributed by atoms with Gasteiger partial charge in [-0.15, -0.1) is 17.5 Å². The number of benzene rings is 1. The Morgan fingerprint density at radius 1 is 1.23 bits per heavy atom. The Morgan fingerprint density at radius 3 is 2.58 bits per heavy atom. The first-order valence-electron chi connectivity index (χ1n) is 8.16. The summed E-state index contributed by atoms with van der Waals surface area (Å²) in [7, 11) is 3.33. The van der Waals surface area contributed by atoms with Gasteiger partial charge in [0.1, 0.15) is 6.54 Å². The number of carbonyl (C=O) groups excluding carboxylic acids is 2. The van der Waals surface area contributed by atoms with Gasteiger partial charge < -0.3 is 15.5 Å². The van der Waals surface area contributed by atoms with Crippen molar-refractivity contribution in [1.29, 1.82) is 0 Å². The first kappa shape index (κ1) is 19.9. The SMILES string of the molecule is CN(C)C(=O)Cn1cc(C(=O)N2C[C@@H](N)[C@H](c3ccccc3)C2)nn1.Cl. The molecule has 0 unspecified atom stereocenters. The van der Waals surface area contributed by atoms with Crippen molar-refractivity contribution in [2.45, 2.75) is 18.5 Å². The predicted octanol–water partition coefficient (Wildman–Crippen LogP) is 0.355. The van der Waals surface area contributed by atoms with Crippen molar-refractivity contribution in [3.05, 3.63) is 47.8 Å². The summed E-state index contributed by atoms with van der Waals surface area (Å²) in [5.74, 6) is -0.218. The van der Waals surface area contributed by atoms with Gasteiger partial charge in [0.2, 0.25) is 5.91 Å². The molecular weight excluding hydrogens is 356 g/mol. The first-order valence-corrected chi connectivity index (χ1v) is 8.16. The zero-order valence-corrected chi connectivity index (χ0v) is 15.6. The molecule has 2 aromatic rings. The Hall–Kier alpha value is -2.45. The lowest BCUT2D eigenvalue weighted by Gasteiger charge is -2.15. The van der Waals surface area contributed by atoms with Crippen LogP contribution in [-0.2, 0) is 11.3 Å². The molecule has 3 rings (SSSR count). The van der Waals surface area contributed by atoms with Gasteiger partial charge in [0, 0.05) is 39.1 Å². The van der Waals surface area contributed by atoms with Crippen LogP contribution in [0.3, 0.4) is 0 Å². The van der Waals surface area contributed by atoms with Crippen molar-refractivity contribution in [1.82, 2.24) is 24.8 Å². The number of hydrogen-bond acceptors (Lipinski definition) is 5. The third-order valence-electron chi connectivity index (χ3n) is 4.43. The highest BCUT2D eigenvalue weighted by Gasteiger charge is 2.35. The van der Waals surface area contributed by atoms with E-state index in [2.05, 4.69) is 10.3 Å². The Labute approximate surface area is 158 Å². The summed E-state index contributed by atoms with van der Waals surface area (Å²) < 4.78 is 1.38. The van der Waals surface area contributed by atoms with Crippen LogP contribution < -0.4 is 5.73 Å². The summed E-state index contributed by atoms with van der Waals surface area (Å²) >= 11 is 0. The van der Waals surface area contributed by atoms with E-state index in [1.165, 1.54) is 15.8 Å². The van der Waals surface area contributed by atoms with Crippen LogP contribution in [0.2, 0.25) is 0 Å². The van der Waals surface area contributed by atoms with E-state index < -0.39 is 0 Å². The third-order valence-corrected chi connectivity index (χ3v) is 4.43. The Bertz CT molecular complexity index is 764. The van der Waals surface area contributed by atoms with Crippen LogP contribution in [0.25, 0.3) is 0 Å². The molecule has 1 aliphatic rings. The molecule has 2 heterocycles. The number of likely N-dealkylation sites (N-methyl/N-ethyl adjacent to an activating group) is 1. The molecule has 0 spiro atoms.